The van der Waals surface area contributed by atoms with Crippen molar-refractivity contribution in [3.05, 3.63) is 50.1 Å². The van der Waals surface area contributed by atoms with Crippen LogP contribution in [0.5, 0.6) is 0 Å². The molecule has 1 aromatic heterocycles. The summed E-state index contributed by atoms with van der Waals surface area (Å²) in [5, 5.41) is 8.94. The Kier molecular flexibility index (Phi) is 5.43. The molecule has 122 valence electrons. The maximum atomic E-state index is 12.1. The first-order chi connectivity index (χ1) is 10.7. The first-order valence-electron chi connectivity index (χ1n) is 6.11. The van der Waals surface area contributed by atoms with Gasteiger partial charge < -0.3 is 0 Å². The van der Waals surface area contributed by atoms with Gasteiger partial charge in [-0.15, -0.1) is 11.3 Å². The van der Waals surface area contributed by atoms with Gasteiger partial charge in [-0.2, -0.15) is 5.10 Å². The van der Waals surface area contributed by atoms with Crippen molar-refractivity contribution in [1.82, 2.24) is 5.43 Å². The van der Waals surface area contributed by atoms with Gasteiger partial charge in [0.25, 0.3) is 5.91 Å². The van der Waals surface area contributed by atoms with Crippen LogP contribution in [0.3, 0.4) is 0 Å². The number of rotatable bonds is 4. The second-order valence-electron chi connectivity index (χ2n) is 4.43. The smallest absolute Gasteiger partial charge is 0.267 e. The van der Waals surface area contributed by atoms with Crippen LogP contribution in [0.1, 0.15) is 22.2 Å². The Bertz CT molecular complexity index is 892. The number of benzene rings is 1. The molecule has 0 spiro atoms. The molecule has 0 unspecified atom stereocenters. The van der Waals surface area contributed by atoms with Crippen molar-refractivity contribution < 1.29 is 13.2 Å². The number of thiophene rings is 1. The van der Waals surface area contributed by atoms with Crippen LogP contribution in [-0.4, -0.2) is 20.0 Å². The fourth-order valence-corrected chi connectivity index (χ4v) is 3.68. The lowest BCUT2D eigenvalue weighted by Gasteiger charge is -2.05. The van der Waals surface area contributed by atoms with Crippen molar-refractivity contribution >= 4 is 56.2 Å². The summed E-state index contributed by atoms with van der Waals surface area (Å²) in [7, 11) is -4.02. The summed E-state index contributed by atoms with van der Waals surface area (Å²) in [5.74, 6) is -0.589. The minimum Gasteiger partial charge on any atom is -0.267 e. The lowest BCUT2D eigenvalue weighted by molar-refractivity contribution is 0.0954. The fraction of sp³-hybridized carbons (Fsp3) is 0.0769. The van der Waals surface area contributed by atoms with Crippen molar-refractivity contribution in [1.29, 1.82) is 0 Å². The van der Waals surface area contributed by atoms with Crippen molar-refractivity contribution in [2.75, 3.05) is 0 Å². The van der Waals surface area contributed by atoms with Crippen LogP contribution in [0.15, 0.2) is 40.3 Å². The quantitative estimate of drug-likeness (QED) is 0.618. The number of hydrogen-bond acceptors (Lipinski definition) is 5. The van der Waals surface area contributed by atoms with Gasteiger partial charge in [0, 0.05) is 5.56 Å². The number of nitrogens with two attached hydrogens (primary N) is 1. The van der Waals surface area contributed by atoms with E-state index in [1.807, 2.05) is 0 Å². The molecule has 1 amide bonds. The molecular formula is C13H11Cl2N3O3S2. The minimum absolute atomic E-state index is 0.0584. The van der Waals surface area contributed by atoms with E-state index in [-0.39, 0.29) is 15.5 Å². The van der Waals surface area contributed by atoms with Crippen LogP contribution in [0, 0.1) is 0 Å². The van der Waals surface area contributed by atoms with Gasteiger partial charge in [-0.3, -0.25) is 4.79 Å². The summed E-state index contributed by atoms with van der Waals surface area (Å²) in [6.07, 6.45) is 0. The third kappa shape index (κ3) is 4.52. The fourth-order valence-electron chi connectivity index (χ4n) is 1.63. The minimum atomic E-state index is -4.02. The zero-order chi connectivity index (χ0) is 17.2. The van der Waals surface area contributed by atoms with Crippen LogP contribution >= 0.6 is 34.5 Å². The van der Waals surface area contributed by atoms with Gasteiger partial charge >= 0.3 is 0 Å². The van der Waals surface area contributed by atoms with Crippen molar-refractivity contribution in [2.24, 2.45) is 10.2 Å². The maximum Gasteiger partial charge on any atom is 0.271 e. The molecule has 0 saturated carbocycles. The number of nitrogens with one attached hydrogen (secondary N) is 1. The van der Waals surface area contributed by atoms with E-state index < -0.39 is 15.9 Å². The second kappa shape index (κ2) is 6.98. The Morgan fingerprint density at radius 1 is 1.26 bits per heavy atom. The number of sulfonamides is 1. The summed E-state index contributed by atoms with van der Waals surface area (Å²) in [6.45, 7) is 1.71. The number of nitrogens with zero attached hydrogens (tertiary/aromatic N) is 1. The number of primary sulfonamides is 1. The second-order valence-corrected chi connectivity index (χ2v) is 8.08. The van der Waals surface area contributed by atoms with Gasteiger partial charge in [-0.25, -0.2) is 19.0 Å². The molecule has 10 heteroatoms. The zero-order valence-electron chi connectivity index (χ0n) is 11.7. The van der Waals surface area contributed by atoms with Gasteiger partial charge in [0.15, 0.2) is 0 Å². The first kappa shape index (κ1) is 17.9. The lowest BCUT2D eigenvalue weighted by atomic mass is 10.2. The molecule has 6 nitrogen and oxygen atoms in total. The molecule has 1 aromatic carbocycles. The SMILES string of the molecule is C/C(=N\NC(=O)c1ccc(Cl)c(S(N)(=O)=O)c1)c1ccc(Cl)s1. The Labute approximate surface area is 147 Å². The molecule has 0 aliphatic heterocycles. The van der Waals surface area contributed by atoms with Gasteiger partial charge in [-0.1, -0.05) is 23.2 Å². The number of carbonyl (C=O) groups is 1. The Balaban J connectivity index is 2.21. The molecular weight excluding hydrogens is 381 g/mol. The van der Waals surface area contributed by atoms with E-state index in [1.54, 1.807) is 19.1 Å². The van der Waals surface area contributed by atoms with E-state index in [9.17, 15) is 13.2 Å². The van der Waals surface area contributed by atoms with Crippen LogP contribution in [0.25, 0.3) is 0 Å². The van der Waals surface area contributed by atoms with Crippen LogP contribution < -0.4 is 10.6 Å². The van der Waals surface area contributed by atoms with E-state index in [4.69, 9.17) is 28.3 Å². The summed E-state index contributed by atoms with van der Waals surface area (Å²) >= 11 is 12.9. The number of halogens is 2. The van der Waals surface area contributed by atoms with E-state index in [1.165, 1.54) is 23.5 Å². The van der Waals surface area contributed by atoms with Crippen molar-refractivity contribution in [3.8, 4) is 0 Å². The molecule has 3 N–H and O–H groups in total. The molecule has 0 fully saturated rings. The third-order valence-electron chi connectivity index (χ3n) is 2.75. The highest BCUT2D eigenvalue weighted by atomic mass is 35.5. The van der Waals surface area contributed by atoms with Gasteiger partial charge in [0.2, 0.25) is 10.0 Å². The molecule has 0 aliphatic rings. The molecule has 1 heterocycles. The third-order valence-corrected chi connectivity index (χ3v) is 5.49. The Morgan fingerprint density at radius 2 is 1.96 bits per heavy atom. The first-order valence-corrected chi connectivity index (χ1v) is 9.23. The molecule has 0 atom stereocenters. The normalized spacial score (nSPS) is 12.3. The molecule has 0 aliphatic carbocycles. The van der Waals surface area contributed by atoms with Gasteiger partial charge in [0.05, 0.1) is 19.9 Å². The van der Waals surface area contributed by atoms with Gasteiger partial charge in [-0.05, 0) is 37.3 Å². The van der Waals surface area contributed by atoms with E-state index in [0.29, 0.717) is 10.0 Å². The molecule has 2 aromatic rings. The molecule has 2 rings (SSSR count). The highest BCUT2D eigenvalue weighted by molar-refractivity contribution is 7.89. The predicted molar refractivity (Wildman–Crippen MR) is 91.8 cm³/mol. The topological polar surface area (TPSA) is 102 Å². The summed E-state index contributed by atoms with van der Waals surface area (Å²) in [5.41, 5.74) is 2.97. The van der Waals surface area contributed by atoms with E-state index >= 15 is 0 Å². The average Bonchev–Trinajstić information content (AvgIpc) is 2.90. The van der Waals surface area contributed by atoms with Crippen LogP contribution in [-0.2, 0) is 10.0 Å². The molecule has 0 bridgehead atoms. The maximum absolute atomic E-state index is 12.1. The average molecular weight is 392 g/mol. The summed E-state index contributed by atoms with van der Waals surface area (Å²) in [4.78, 5) is 12.5. The highest BCUT2D eigenvalue weighted by Gasteiger charge is 2.16. The summed E-state index contributed by atoms with van der Waals surface area (Å²) in [6, 6.07) is 7.25. The van der Waals surface area contributed by atoms with Crippen molar-refractivity contribution in [3.63, 3.8) is 0 Å². The zero-order valence-corrected chi connectivity index (χ0v) is 14.9. The molecule has 23 heavy (non-hydrogen) atoms. The summed E-state index contributed by atoms with van der Waals surface area (Å²) < 4.78 is 23.4. The van der Waals surface area contributed by atoms with Crippen LogP contribution in [0.2, 0.25) is 9.36 Å². The number of carbonyl (C=O) groups excluding carboxylic acids is 1. The predicted octanol–water partition coefficient (Wildman–Crippen LogP) is 2.86. The molecule has 0 radical (unpaired) electrons. The Morgan fingerprint density at radius 3 is 2.52 bits per heavy atom. The number of hydrogen-bond donors (Lipinski definition) is 2. The standard InChI is InChI=1S/C13H11Cl2N3O3S2/c1-7(10-4-5-12(15)22-10)17-18-13(19)8-2-3-9(14)11(6-8)23(16,20)21/h2-6H,1H3,(H,18,19)(H2,16,20,21)/b17-7+. The van der Waals surface area contributed by atoms with Crippen molar-refractivity contribution in [2.45, 2.75) is 11.8 Å². The lowest BCUT2D eigenvalue weighted by Crippen LogP contribution is -2.20. The Hall–Kier alpha value is -1.45. The number of hydrazone groups is 1. The largest absolute Gasteiger partial charge is 0.271 e. The molecule has 0 saturated heterocycles. The monoisotopic (exact) mass is 391 g/mol. The van der Waals surface area contributed by atoms with Crippen LogP contribution in [0.4, 0.5) is 0 Å². The van der Waals surface area contributed by atoms with Gasteiger partial charge in [0.1, 0.15) is 4.90 Å². The van der Waals surface area contributed by atoms with E-state index in [0.717, 1.165) is 10.9 Å². The van der Waals surface area contributed by atoms with E-state index in [2.05, 4.69) is 10.5 Å². The highest BCUT2D eigenvalue weighted by Crippen LogP contribution is 2.22. The number of amides is 1.